The molecule has 1 atom stereocenters. The molecule has 11 heteroatoms. The summed E-state index contributed by atoms with van der Waals surface area (Å²) in [5.41, 5.74) is 0. The van der Waals surface area contributed by atoms with Crippen molar-refractivity contribution >= 4 is 22.1 Å². The topological polar surface area (TPSA) is 147 Å². The van der Waals surface area contributed by atoms with Crippen molar-refractivity contribution in [2.75, 3.05) is 6.54 Å². The number of carbonyl (C=O) groups is 2. The van der Waals surface area contributed by atoms with Crippen LogP contribution in [0.2, 0.25) is 0 Å². The van der Waals surface area contributed by atoms with Gasteiger partial charge in [-0.15, -0.1) is 0 Å². The molecule has 0 amide bonds. The van der Waals surface area contributed by atoms with E-state index in [-0.39, 0.29) is 65.7 Å². The normalized spacial score (nSPS) is 13.2. The second kappa shape index (κ2) is 23.0. The Labute approximate surface area is 244 Å². The van der Waals surface area contributed by atoms with Gasteiger partial charge < -0.3 is 19.8 Å². The summed E-state index contributed by atoms with van der Waals surface area (Å²) in [6.45, 7) is 2.14. The molecule has 0 aromatic heterocycles. The van der Waals surface area contributed by atoms with Crippen molar-refractivity contribution in [2.45, 2.75) is 108 Å². The second-order valence-corrected chi connectivity index (χ2v) is 9.65. The monoisotopic (exact) mass is 507 g/mol. The van der Waals surface area contributed by atoms with Gasteiger partial charge in [0.05, 0.1) is 5.97 Å². The van der Waals surface area contributed by atoms with Gasteiger partial charge in [0.1, 0.15) is 0 Å². The van der Waals surface area contributed by atoms with E-state index >= 15 is 0 Å². The van der Waals surface area contributed by atoms with E-state index in [0.717, 1.165) is 44.9 Å². The van der Waals surface area contributed by atoms with E-state index in [1.807, 2.05) is 0 Å². The van der Waals surface area contributed by atoms with Gasteiger partial charge in [-0.05, 0) is 38.6 Å². The molecule has 0 aromatic rings. The molecule has 33 heavy (non-hydrogen) atoms. The molecule has 0 radical (unpaired) electrons. The zero-order valence-corrected chi connectivity index (χ0v) is 25.6. The van der Waals surface area contributed by atoms with Crippen molar-refractivity contribution in [3.8, 4) is 0 Å². The maximum Gasteiger partial charge on any atom is 1.00 e. The zero-order valence-electron chi connectivity index (χ0n) is 20.8. The Kier molecular flexibility index (Phi) is 26.5. The predicted molar refractivity (Wildman–Crippen MR) is 116 cm³/mol. The molecule has 0 aliphatic heterocycles. The first-order chi connectivity index (χ1) is 14.7. The molecular weight excluding hydrogens is 468 g/mol. The summed E-state index contributed by atoms with van der Waals surface area (Å²) in [5.74, 6) is -4.14. The van der Waals surface area contributed by atoms with Crippen LogP contribution in [-0.4, -0.2) is 36.3 Å². The fourth-order valence-electron chi connectivity index (χ4n) is 3.36. The van der Waals surface area contributed by atoms with E-state index < -0.39 is 33.3 Å². The van der Waals surface area contributed by atoms with E-state index in [1.165, 1.54) is 38.5 Å². The average Bonchev–Trinajstić information content (AvgIpc) is 2.68. The van der Waals surface area contributed by atoms with Crippen molar-refractivity contribution in [2.24, 2.45) is 0 Å². The van der Waals surface area contributed by atoms with E-state index in [9.17, 15) is 32.8 Å². The summed E-state index contributed by atoms with van der Waals surface area (Å²) < 4.78 is 32.0. The minimum atomic E-state index is -5.24. The number of rotatable bonds is 21. The van der Waals surface area contributed by atoms with Gasteiger partial charge in [-0.3, -0.25) is 9.87 Å². The van der Waals surface area contributed by atoms with Crippen molar-refractivity contribution in [3.05, 3.63) is 12.2 Å². The van der Waals surface area contributed by atoms with Crippen LogP contribution < -0.4 is 74.6 Å². The number of carboxylic acid groups (broad SMARTS) is 2. The van der Waals surface area contributed by atoms with Crippen LogP contribution in [0.4, 0.5) is 0 Å². The van der Waals surface area contributed by atoms with Crippen LogP contribution in [0.25, 0.3) is 0 Å². The van der Waals surface area contributed by atoms with Gasteiger partial charge in [-0.25, -0.2) is 0 Å². The molecular formula is C22H39NNa2O7S. The average molecular weight is 508 g/mol. The van der Waals surface area contributed by atoms with Crippen LogP contribution in [0.3, 0.4) is 0 Å². The third kappa shape index (κ3) is 18.5. The van der Waals surface area contributed by atoms with Crippen molar-refractivity contribution in [3.63, 3.8) is 0 Å². The number of carbonyl (C=O) groups excluding carboxylic acids is 2. The zero-order chi connectivity index (χ0) is 23.6. The summed E-state index contributed by atoms with van der Waals surface area (Å²) >= 11 is 0. The van der Waals surface area contributed by atoms with Crippen LogP contribution in [0, 0.1) is 0 Å². The third-order valence-electron chi connectivity index (χ3n) is 5.26. The number of unbranched alkanes of at least 4 members (excludes halogenated alkanes) is 12. The quantitative estimate of drug-likeness (QED) is 0.0694. The molecule has 0 saturated carbocycles. The first-order valence-corrected chi connectivity index (χ1v) is 12.9. The van der Waals surface area contributed by atoms with Gasteiger partial charge >= 0.3 is 59.1 Å². The van der Waals surface area contributed by atoms with Crippen LogP contribution in [-0.2, 0) is 19.7 Å². The summed E-state index contributed by atoms with van der Waals surface area (Å²) in [5, 5.41) is 24.0. The smallest absolute Gasteiger partial charge is 0.550 e. The van der Waals surface area contributed by atoms with Crippen molar-refractivity contribution in [1.82, 2.24) is 5.32 Å². The van der Waals surface area contributed by atoms with E-state index in [2.05, 4.69) is 24.4 Å². The van der Waals surface area contributed by atoms with Crippen LogP contribution in [0.5, 0.6) is 0 Å². The fraction of sp³-hybridized carbons (Fsp3) is 0.818. The largest absolute Gasteiger partial charge is 1.00 e. The van der Waals surface area contributed by atoms with Crippen LogP contribution in [0.15, 0.2) is 12.2 Å². The second-order valence-electron chi connectivity index (χ2n) is 8.00. The molecule has 1 unspecified atom stereocenters. The molecule has 0 saturated heterocycles. The van der Waals surface area contributed by atoms with Gasteiger partial charge in [0, 0.05) is 12.4 Å². The van der Waals surface area contributed by atoms with Gasteiger partial charge in [0.15, 0.2) is 4.87 Å². The fourth-order valence-corrected chi connectivity index (χ4v) is 4.16. The molecule has 182 valence electrons. The summed E-state index contributed by atoms with van der Waals surface area (Å²) in [6.07, 6.45) is 18.4. The molecule has 0 fully saturated rings. The molecule has 0 aromatic carbocycles. The molecule has 0 heterocycles. The van der Waals surface area contributed by atoms with Crippen molar-refractivity contribution < 1.29 is 91.9 Å². The molecule has 2 N–H and O–H groups in total. The number of hydrogen-bond donors (Lipinski definition) is 2. The van der Waals surface area contributed by atoms with Crippen LogP contribution in [0.1, 0.15) is 103 Å². The predicted octanol–water partition coefficient (Wildman–Crippen LogP) is -3.90. The molecule has 0 spiro atoms. The minimum absolute atomic E-state index is 0. The molecule has 0 aliphatic carbocycles. The maximum absolute atomic E-state index is 11.4. The molecule has 8 nitrogen and oxygen atoms in total. The maximum atomic E-state index is 11.4. The number of aliphatic carboxylic acids is 2. The summed E-state index contributed by atoms with van der Waals surface area (Å²) in [7, 11) is -5.24. The van der Waals surface area contributed by atoms with E-state index in [1.54, 1.807) is 0 Å². The Morgan fingerprint density at radius 2 is 1.24 bits per heavy atom. The number of nitrogens with one attached hydrogen (secondary N) is 1. The number of carboxylic acids is 2. The van der Waals surface area contributed by atoms with Crippen LogP contribution >= 0.6 is 0 Å². The van der Waals surface area contributed by atoms with E-state index in [4.69, 9.17) is 0 Å². The van der Waals surface area contributed by atoms with Gasteiger partial charge in [-0.2, -0.15) is 8.42 Å². The Balaban J connectivity index is -0.00000450. The first kappa shape index (κ1) is 38.1. The standard InChI is InChI=1S/C22H41NO7S.2Na/c1-2-3-4-5-6-7-8-9-10-11-12-13-14-15-16-17-18-23-22(21(26)27,19-20(24)25)31(28,29)30;;/h9-10,23H,2-8,11-19H2,1H3,(H,24,25)(H,26,27)(H,28,29,30);;/q;2*+1/p-2/b10-9-;;. The third-order valence-corrected chi connectivity index (χ3v) is 6.60. The Bertz CT molecular complexity index is 645. The Morgan fingerprint density at radius 1 is 0.818 bits per heavy atom. The Morgan fingerprint density at radius 3 is 1.64 bits per heavy atom. The van der Waals surface area contributed by atoms with Gasteiger partial charge in [0.2, 0.25) is 0 Å². The number of allylic oxidation sites excluding steroid dienone is 2. The minimum Gasteiger partial charge on any atom is -0.550 e. The van der Waals surface area contributed by atoms with E-state index in [0.29, 0.717) is 6.42 Å². The molecule has 0 bridgehead atoms. The summed E-state index contributed by atoms with van der Waals surface area (Å²) in [6, 6.07) is 0. The summed E-state index contributed by atoms with van der Waals surface area (Å²) in [4.78, 5) is 18.8. The first-order valence-electron chi connectivity index (χ1n) is 11.5. The SMILES string of the molecule is CCCCCCCC/C=C\CCCCCCCCNC(CC(=O)[O-])(C(=O)[O-])S(=O)(=O)O.[Na+].[Na+]. The van der Waals surface area contributed by atoms with Crippen molar-refractivity contribution in [1.29, 1.82) is 0 Å². The van der Waals surface area contributed by atoms with Gasteiger partial charge in [-0.1, -0.05) is 76.9 Å². The van der Waals surface area contributed by atoms with Gasteiger partial charge in [0.25, 0.3) is 10.1 Å². The number of hydrogen-bond acceptors (Lipinski definition) is 7. The molecule has 0 rings (SSSR count). The molecule has 0 aliphatic rings. The Hall–Kier alpha value is 0.550.